The van der Waals surface area contributed by atoms with Crippen molar-refractivity contribution >= 4 is 0 Å². The molecule has 0 unspecified atom stereocenters. The van der Waals surface area contributed by atoms with Crippen molar-refractivity contribution in [3.63, 3.8) is 0 Å². The molecule has 1 nitrogen and oxygen atoms in total. The summed E-state index contributed by atoms with van der Waals surface area (Å²) in [4.78, 5) is 0. The molecular formula is C13H12O. The van der Waals surface area contributed by atoms with Gasteiger partial charge in [0.2, 0.25) is 5.75 Å². The van der Waals surface area contributed by atoms with Gasteiger partial charge in [0.05, 0.1) is 0 Å². The first-order valence-corrected chi connectivity index (χ1v) is 4.52. The zero-order valence-corrected chi connectivity index (χ0v) is 7.85. The Bertz CT molecular complexity index is 407. The van der Waals surface area contributed by atoms with Crippen molar-refractivity contribution in [1.29, 1.82) is 0 Å². The molecular weight excluding hydrogens is 172 g/mol. The summed E-state index contributed by atoms with van der Waals surface area (Å²) >= 11 is 0. The van der Waals surface area contributed by atoms with Crippen molar-refractivity contribution < 1.29 is 4.74 Å². The van der Waals surface area contributed by atoms with E-state index in [-0.39, 0.29) is 0 Å². The third kappa shape index (κ3) is 1.77. The second kappa shape index (κ2) is 3.97. The highest BCUT2D eigenvalue weighted by atomic mass is 16.5. The van der Waals surface area contributed by atoms with Gasteiger partial charge in [-0.2, -0.15) is 0 Å². The predicted octanol–water partition coefficient (Wildman–Crippen LogP) is 3.39. The Hall–Kier alpha value is -1.76. The zero-order valence-electron chi connectivity index (χ0n) is 7.85. The first-order chi connectivity index (χ1) is 6.90. The molecule has 14 heavy (non-hydrogen) atoms. The molecule has 0 heterocycles. The summed E-state index contributed by atoms with van der Waals surface area (Å²) in [5.41, 5.74) is 2.38. The molecule has 0 aromatic heterocycles. The number of hydrogen-bond acceptors (Lipinski definition) is 0. The van der Waals surface area contributed by atoms with Crippen LogP contribution in [0.2, 0.25) is 0 Å². The van der Waals surface area contributed by atoms with E-state index in [1.807, 2.05) is 36.4 Å². The number of ether oxygens (including phenoxy) is 1. The fourth-order valence-corrected chi connectivity index (χ4v) is 1.41. The molecule has 2 rings (SSSR count). The van der Waals surface area contributed by atoms with E-state index in [4.69, 9.17) is 0 Å². The molecule has 0 aliphatic carbocycles. The quantitative estimate of drug-likeness (QED) is 0.501. The fourth-order valence-electron chi connectivity index (χ4n) is 1.41. The van der Waals surface area contributed by atoms with Gasteiger partial charge in [-0.15, -0.1) is 0 Å². The average Bonchev–Trinajstić information content (AvgIpc) is 2.30. The zero-order chi connectivity index (χ0) is 9.80. The molecule has 0 bridgehead atoms. The monoisotopic (exact) mass is 184 g/mol. The minimum atomic E-state index is 0.909. The maximum absolute atomic E-state index is 3.91. The van der Waals surface area contributed by atoms with Gasteiger partial charge in [-0.05, 0) is 18.2 Å². The third-order valence-electron chi connectivity index (χ3n) is 2.14. The SMILES string of the molecule is [CH2-][OH+]c1cccc(-c2ccccc2)c1. The Morgan fingerprint density at radius 3 is 2.21 bits per heavy atom. The Labute approximate surface area is 84.0 Å². The van der Waals surface area contributed by atoms with Crippen LogP contribution in [0.3, 0.4) is 0 Å². The number of hydrogen-bond donors (Lipinski definition) is 0. The van der Waals surface area contributed by atoms with E-state index in [9.17, 15) is 0 Å². The van der Waals surface area contributed by atoms with E-state index in [1.54, 1.807) is 0 Å². The largest absolute Gasteiger partial charge is 0.722 e. The van der Waals surface area contributed by atoms with Crippen LogP contribution in [0.15, 0.2) is 54.6 Å². The Balaban J connectivity index is 2.42. The molecule has 0 radical (unpaired) electrons. The second-order valence-corrected chi connectivity index (χ2v) is 3.07. The maximum Gasteiger partial charge on any atom is 0.226 e. The lowest BCUT2D eigenvalue weighted by Crippen LogP contribution is -1.78. The maximum atomic E-state index is 3.91. The summed E-state index contributed by atoms with van der Waals surface area (Å²) < 4.78 is 3.91. The number of benzene rings is 2. The van der Waals surface area contributed by atoms with Gasteiger partial charge in [0.15, 0.2) is 0 Å². The van der Waals surface area contributed by atoms with Crippen molar-refractivity contribution in [2.75, 3.05) is 0 Å². The summed E-state index contributed by atoms with van der Waals surface area (Å²) in [6, 6.07) is 18.3. The van der Waals surface area contributed by atoms with Crippen LogP contribution in [0.4, 0.5) is 0 Å². The van der Waals surface area contributed by atoms with Gasteiger partial charge in [0.1, 0.15) is 0 Å². The van der Waals surface area contributed by atoms with E-state index in [0.717, 1.165) is 5.75 Å². The van der Waals surface area contributed by atoms with Crippen LogP contribution < -0.4 is 0 Å². The third-order valence-corrected chi connectivity index (χ3v) is 2.14. The summed E-state index contributed by atoms with van der Waals surface area (Å²) in [5, 5.41) is 0. The molecule has 1 heteroatoms. The summed E-state index contributed by atoms with van der Waals surface area (Å²) in [6.45, 7) is 0. The van der Waals surface area contributed by atoms with Crippen molar-refractivity contribution in [3.05, 3.63) is 61.7 Å². The van der Waals surface area contributed by atoms with E-state index >= 15 is 0 Å². The van der Waals surface area contributed by atoms with Crippen LogP contribution in [0.5, 0.6) is 5.75 Å². The fraction of sp³-hybridized carbons (Fsp3) is 0. The molecule has 0 fully saturated rings. The highest BCUT2D eigenvalue weighted by Crippen LogP contribution is 2.23. The van der Waals surface area contributed by atoms with Crippen LogP contribution >= 0.6 is 0 Å². The molecule has 0 aliphatic rings. The lowest BCUT2D eigenvalue weighted by Gasteiger charge is -2.05. The number of rotatable bonds is 2. The van der Waals surface area contributed by atoms with Gasteiger partial charge in [-0.3, -0.25) is 0 Å². The van der Waals surface area contributed by atoms with Gasteiger partial charge in [0, 0.05) is 12.1 Å². The van der Waals surface area contributed by atoms with Crippen LogP contribution in [0.1, 0.15) is 0 Å². The predicted molar refractivity (Wildman–Crippen MR) is 58.9 cm³/mol. The van der Waals surface area contributed by atoms with Gasteiger partial charge in [0.25, 0.3) is 0 Å². The Morgan fingerprint density at radius 2 is 1.50 bits per heavy atom. The van der Waals surface area contributed by atoms with Crippen molar-refractivity contribution in [1.82, 2.24) is 0 Å². The normalized spacial score (nSPS) is 9.79. The summed E-state index contributed by atoms with van der Waals surface area (Å²) in [6.07, 6.45) is 0. The van der Waals surface area contributed by atoms with Crippen molar-refractivity contribution in [3.8, 4) is 16.9 Å². The molecule has 0 spiro atoms. The highest BCUT2D eigenvalue weighted by Gasteiger charge is 1.98. The smallest absolute Gasteiger partial charge is 0.226 e. The van der Waals surface area contributed by atoms with E-state index in [0.29, 0.717) is 0 Å². The molecule has 0 atom stereocenters. The van der Waals surface area contributed by atoms with E-state index < -0.39 is 0 Å². The summed E-state index contributed by atoms with van der Waals surface area (Å²) in [7, 11) is 3.52. The van der Waals surface area contributed by atoms with Gasteiger partial charge >= 0.3 is 0 Å². The molecule has 2 aromatic carbocycles. The lowest BCUT2D eigenvalue weighted by molar-refractivity contribution is 0.186. The van der Waals surface area contributed by atoms with E-state index in [2.05, 4.69) is 30.0 Å². The minimum absolute atomic E-state index is 0.909. The minimum Gasteiger partial charge on any atom is -0.722 e. The van der Waals surface area contributed by atoms with Crippen molar-refractivity contribution in [2.24, 2.45) is 0 Å². The van der Waals surface area contributed by atoms with Gasteiger partial charge in [-0.25, -0.2) is 0 Å². The van der Waals surface area contributed by atoms with Gasteiger partial charge < -0.3 is 4.74 Å². The number of aliphatic hydroxyl groups is 1. The Kier molecular flexibility index (Phi) is 2.50. The topological polar surface area (TPSA) is 12.8 Å². The Morgan fingerprint density at radius 1 is 0.786 bits per heavy atom. The average molecular weight is 184 g/mol. The van der Waals surface area contributed by atoms with E-state index in [1.165, 1.54) is 11.1 Å². The lowest BCUT2D eigenvalue weighted by atomic mass is 10.1. The van der Waals surface area contributed by atoms with Crippen LogP contribution in [0.25, 0.3) is 11.1 Å². The molecule has 0 saturated carbocycles. The molecule has 1 N–H and O–H groups in total. The second-order valence-electron chi connectivity index (χ2n) is 3.07. The number of aromatic hydroxyl groups is 1. The first kappa shape index (κ1) is 8.82. The van der Waals surface area contributed by atoms with Crippen molar-refractivity contribution in [2.45, 2.75) is 0 Å². The van der Waals surface area contributed by atoms with Crippen LogP contribution in [0, 0.1) is 7.11 Å². The first-order valence-electron chi connectivity index (χ1n) is 4.52. The highest BCUT2D eigenvalue weighted by molar-refractivity contribution is 5.64. The molecule has 2 aromatic rings. The summed E-state index contributed by atoms with van der Waals surface area (Å²) in [5.74, 6) is 0.909. The van der Waals surface area contributed by atoms with Gasteiger partial charge in [-0.1, -0.05) is 42.5 Å². The van der Waals surface area contributed by atoms with Crippen LogP contribution in [-0.4, -0.2) is 4.74 Å². The molecule has 0 aliphatic heterocycles. The molecule has 70 valence electrons. The molecule has 0 amide bonds. The van der Waals surface area contributed by atoms with Crippen LogP contribution in [-0.2, 0) is 0 Å². The standard InChI is InChI=1S/C13H12O/c1-14-13-9-5-8-12(10-13)11-6-3-2-4-7-11/h2-10,14H,1H2. The molecule has 0 saturated heterocycles.